The molecule has 0 aromatic carbocycles. The Hall–Kier alpha value is -2.58. The SMILES string of the molecule is Cn1c(=O)c2c(ncn2NC(=O)OC(C)(C)C)n(C)c1=O. The molecule has 0 bridgehead atoms. The van der Waals surface area contributed by atoms with Crippen molar-refractivity contribution >= 4 is 17.3 Å². The molecule has 2 aromatic rings. The predicted molar refractivity (Wildman–Crippen MR) is 75.8 cm³/mol. The monoisotopic (exact) mass is 295 g/mol. The Balaban J connectivity index is 2.51. The number of carbonyl (C=O) groups excluding carboxylic acids is 1. The fourth-order valence-corrected chi connectivity index (χ4v) is 1.83. The molecule has 9 heteroatoms. The maximum absolute atomic E-state index is 12.1. The largest absolute Gasteiger partial charge is 0.443 e. The lowest BCUT2D eigenvalue weighted by Gasteiger charge is -2.19. The molecule has 2 aromatic heterocycles. The van der Waals surface area contributed by atoms with Gasteiger partial charge in [-0.25, -0.2) is 24.7 Å². The number of amides is 1. The number of hydrogen-bond donors (Lipinski definition) is 1. The van der Waals surface area contributed by atoms with Crippen molar-refractivity contribution in [3.63, 3.8) is 0 Å². The smallest absolute Gasteiger partial charge is 0.427 e. The van der Waals surface area contributed by atoms with E-state index in [1.165, 1.54) is 25.0 Å². The molecular formula is C12H17N5O4. The maximum Gasteiger partial charge on any atom is 0.427 e. The van der Waals surface area contributed by atoms with Crippen LogP contribution < -0.4 is 16.7 Å². The number of imidazole rings is 1. The van der Waals surface area contributed by atoms with Gasteiger partial charge >= 0.3 is 11.8 Å². The molecule has 0 unspecified atom stereocenters. The molecule has 0 aliphatic rings. The molecule has 0 fully saturated rings. The number of aromatic nitrogens is 4. The van der Waals surface area contributed by atoms with Crippen LogP contribution in [0.25, 0.3) is 11.2 Å². The van der Waals surface area contributed by atoms with Crippen molar-refractivity contribution in [1.29, 1.82) is 0 Å². The third-order valence-electron chi connectivity index (χ3n) is 2.76. The quantitative estimate of drug-likeness (QED) is 0.792. The normalized spacial score (nSPS) is 11.7. The van der Waals surface area contributed by atoms with Gasteiger partial charge in [0.05, 0.1) is 0 Å². The van der Waals surface area contributed by atoms with E-state index in [-0.39, 0.29) is 11.2 Å². The van der Waals surface area contributed by atoms with Gasteiger partial charge in [-0.15, -0.1) is 0 Å². The first-order valence-electron chi connectivity index (χ1n) is 6.25. The summed E-state index contributed by atoms with van der Waals surface area (Å²) in [6.45, 7) is 5.17. The van der Waals surface area contributed by atoms with Crippen molar-refractivity contribution in [2.45, 2.75) is 26.4 Å². The molecule has 114 valence electrons. The van der Waals surface area contributed by atoms with Crippen LogP contribution in [-0.2, 0) is 18.8 Å². The van der Waals surface area contributed by atoms with E-state index in [4.69, 9.17) is 4.74 Å². The third-order valence-corrected chi connectivity index (χ3v) is 2.76. The van der Waals surface area contributed by atoms with Crippen LogP contribution in [0.15, 0.2) is 15.9 Å². The number of nitrogens with zero attached hydrogens (tertiary/aromatic N) is 4. The minimum Gasteiger partial charge on any atom is -0.443 e. The van der Waals surface area contributed by atoms with Gasteiger partial charge in [0, 0.05) is 14.1 Å². The van der Waals surface area contributed by atoms with E-state index in [0.717, 1.165) is 9.24 Å². The number of aryl methyl sites for hydroxylation is 1. The van der Waals surface area contributed by atoms with E-state index >= 15 is 0 Å². The maximum atomic E-state index is 12.1. The first-order valence-corrected chi connectivity index (χ1v) is 6.25. The Morgan fingerprint density at radius 2 is 1.86 bits per heavy atom. The average molecular weight is 295 g/mol. The van der Waals surface area contributed by atoms with E-state index in [1.807, 2.05) is 0 Å². The van der Waals surface area contributed by atoms with Crippen LogP contribution in [0.3, 0.4) is 0 Å². The molecule has 9 nitrogen and oxygen atoms in total. The van der Waals surface area contributed by atoms with Gasteiger partial charge in [-0.3, -0.25) is 13.9 Å². The van der Waals surface area contributed by atoms with Gasteiger partial charge in [0.1, 0.15) is 11.9 Å². The minimum absolute atomic E-state index is 0.0884. The highest BCUT2D eigenvalue weighted by molar-refractivity contribution is 5.80. The highest BCUT2D eigenvalue weighted by atomic mass is 16.6. The zero-order chi connectivity index (χ0) is 15.9. The number of ether oxygens (including phenoxy) is 1. The number of nitrogens with one attached hydrogen (secondary N) is 1. The summed E-state index contributed by atoms with van der Waals surface area (Å²) in [4.78, 5) is 39.7. The fourth-order valence-electron chi connectivity index (χ4n) is 1.83. The Bertz CT molecular complexity index is 821. The first kappa shape index (κ1) is 14.8. The number of carbonyl (C=O) groups is 1. The lowest BCUT2D eigenvalue weighted by Crippen LogP contribution is -2.39. The van der Waals surface area contributed by atoms with Crippen LogP contribution in [0.4, 0.5) is 4.79 Å². The van der Waals surface area contributed by atoms with Gasteiger partial charge < -0.3 is 4.74 Å². The molecule has 0 spiro atoms. The van der Waals surface area contributed by atoms with Gasteiger partial charge in [-0.2, -0.15) is 0 Å². The van der Waals surface area contributed by atoms with Crippen molar-refractivity contribution in [3.8, 4) is 0 Å². The van der Waals surface area contributed by atoms with Crippen molar-refractivity contribution in [2.75, 3.05) is 5.43 Å². The van der Waals surface area contributed by atoms with Crippen molar-refractivity contribution in [1.82, 2.24) is 18.8 Å². The summed E-state index contributed by atoms with van der Waals surface area (Å²) in [6.07, 6.45) is 0.521. The predicted octanol–water partition coefficient (Wildman–Crippen LogP) is -0.0877. The number of fused-ring (bicyclic) bond motifs is 1. The molecule has 0 saturated heterocycles. The van der Waals surface area contributed by atoms with Crippen molar-refractivity contribution in [3.05, 3.63) is 27.2 Å². The van der Waals surface area contributed by atoms with Crippen molar-refractivity contribution in [2.24, 2.45) is 14.1 Å². The van der Waals surface area contributed by atoms with Crippen LogP contribution in [0, 0.1) is 0 Å². The lowest BCUT2D eigenvalue weighted by molar-refractivity contribution is 0.0614. The van der Waals surface area contributed by atoms with Gasteiger partial charge in [0.25, 0.3) is 5.56 Å². The van der Waals surface area contributed by atoms with Gasteiger partial charge in [0.2, 0.25) is 0 Å². The highest BCUT2D eigenvalue weighted by Crippen LogP contribution is 2.08. The van der Waals surface area contributed by atoms with Gasteiger partial charge in [-0.05, 0) is 20.8 Å². The second-order valence-electron chi connectivity index (χ2n) is 5.61. The first-order chi connectivity index (χ1) is 9.61. The molecule has 21 heavy (non-hydrogen) atoms. The summed E-state index contributed by atoms with van der Waals surface area (Å²) >= 11 is 0. The number of rotatable bonds is 1. The molecule has 0 atom stereocenters. The summed E-state index contributed by atoms with van der Waals surface area (Å²) in [5.74, 6) is 0. The standard InChI is InChI=1S/C12H17N5O4/c1-12(2,3)21-10(19)14-17-6-13-8-7(17)9(18)16(5)11(20)15(8)4/h6H,1-5H3,(H,14,19). The van der Waals surface area contributed by atoms with E-state index in [2.05, 4.69) is 10.4 Å². The summed E-state index contributed by atoms with van der Waals surface area (Å²) in [6, 6.07) is 0. The summed E-state index contributed by atoms with van der Waals surface area (Å²) < 4.78 is 8.42. The van der Waals surface area contributed by atoms with Crippen LogP contribution in [0.2, 0.25) is 0 Å². The summed E-state index contributed by atoms with van der Waals surface area (Å²) in [5, 5.41) is 0. The van der Waals surface area contributed by atoms with Crippen LogP contribution >= 0.6 is 0 Å². The second kappa shape index (κ2) is 4.76. The Labute approximate surface area is 119 Å². The lowest BCUT2D eigenvalue weighted by atomic mass is 10.2. The topological polar surface area (TPSA) is 100 Å². The van der Waals surface area contributed by atoms with Gasteiger partial charge in [0.15, 0.2) is 11.2 Å². The number of hydrogen-bond acceptors (Lipinski definition) is 5. The Kier molecular flexibility index (Phi) is 3.36. The van der Waals surface area contributed by atoms with Crippen LogP contribution in [-0.4, -0.2) is 30.5 Å². The molecule has 0 aliphatic heterocycles. The van der Waals surface area contributed by atoms with E-state index in [9.17, 15) is 14.4 Å². The van der Waals surface area contributed by atoms with Crippen LogP contribution in [0.5, 0.6) is 0 Å². The Morgan fingerprint density at radius 1 is 1.24 bits per heavy atom. The Morgan fingerprint density at radius 3 is 2.43 bits per heavy atom. The molecule has 2 heterocycles. The summed E-state index contributed by atoms with van der Waals surface area (Å²) in [7, 11) is 2.85. The second-order valence-corrected chi connectivity index (χ2v) is 5.61. The van der Waals surface area contributed by atoms with E-state index in [0.29, 0.717) is 0 Å². The zero-order valence-electron chi connectivity index (χ0n) is 12.5. The van der Waals surface area contributed by atoms with Crippen molar-refractivity contribution < 1.29 is 9.53 Å². The summed E-state index contributed by atoms with van der Waals surface area (Å²) in [5.41, 5.74) is 0.956. The average Bonchev–Trinajstić information content (AvgIpc) is 2.75. The highest BCUT2D eigenvalue weighted by Gasteiger charge is 2.19. The molecule has 2 rings (SSSR count). The molecule has 0 radical (unpaired) electrons. The molecule has 0 saturated carbocycles. The molecule has 1 amide bonds. The van der Waals surface area contributed by atoms with Gasteiger partial charge in [-0.1, -0.05) is 0 Å². The minimum atomic E-state index is -0.724. The zero-order valence-corrected chi connectivity index (χ0v) is 12.5. The van der Waals surface area contributed by atoms with E-state index < -0.39 is 22.9 Å². The molecule has 0 aliphatic carbocycles. The van der Waals surface area contributed by atoms with E-state index in [1.54, 1.807) is 20.8 Å². The molecule has 1 N–H and O–H groups in total. The third kappa shape index (κ3) is 2.67. The molecular weight excluding hydrogens is 278 g/mol. The fraction of sp³-hybridized carbons (Fsp3) is 0.500. The van der Waals surface area contributed by atoms with Crippen LogP contribution in [0.1, 0.15) is 20.8 Å².